The normalized spacial score (nSPS) is 47.2. The molecule has 3 saturated carbocycles. The second kappa shape index (κ2) is 6.48. The lowest BCUT2D eigenvalue weighted by Gasteiger charge is -2.60. The standard InChI is InChI=1S/C22H31FO2S/c1-4-26-14-21-9-10-22(23)18(19(21)12-17(13-21)25-3)6-5-15-11-16(24)7-8-20(15,22)2/h7-8,11,17-19H,4-6,9-10,12-14H2,1-3H3/t17-,18+,19+,20+,21-,22-/m1/s1. The number of hydrogen-bond donors (Lipinski definition) is 0. The molecular formula is C22H31FO2S. The van der Waals surface area contributed by atoms with Crippen LogP contribution in [0.5, 0.6) is 0 Å². The number of hydrogen-bond acceptors (Lipinski definition) is 3. The molecule has 144 valence electrons. The van der Waals surface area contributed by atoms with Gasteiger partial charge in [0, 0.05) is 12.5 Å². The van der Waals surface area contributed by atoms with E-state index in [4.69, 9.17) is 4.74 Å². The lowest BCUT2D eigenvalue weighted by molar-refractivity contribution is -0.120. The van der Waals surface area contributed by atoms with Gasteiger partial charge in [0.1, 0.15) is 5.67 Å². The lowest BCUT2D eigenvalue weighted by Crippen LogP contribution is -2.60. The van der Waals surface area contributed by atoms with Crippen molar-refractivity contribution in [1.29, 1.82) is 0 Å². The molecule has 0 amide bonds. The molecule has 0 aromatic rings. The number of rotatable bonds is 4. The van der Waals surface area contributed by atoms with Gasteiger partial charge in [-0.3, -0.25) is 4.79 Å². The minimum absolute atomic E-state index is 0.0179. The van der Waals surface area contributed by atoms with Crippen molar-refractivity contribution in [2.45, 2.75) is 64.1 Å². The second-order valence-electron chi connectivity index (χ2n) is 9.02. The van der Waals surface area contributed by atoms with Gasteiger partial charge in [-0.2, -0.15) is 11.8 Å². The highest BCUT2D eigenvalue weighted by Gasteiger charge is 2.66. The van der Waals surface area contributed by atoms with E-state index in [1.54, 1.807) is 12.2 Å². The predicted octanol–water partition coefficient (Wildman–Crippen LogP) is 5.13. The monoisotopic (exact) mass is 378 g/mol. The van der Waals surface area contributed by atoms with E-state index in [1.807, 2.05) is 31.9 Å². The van der Waals surface area contributed by atoms with Crippen LogP contribution in [0.1, 0.15) is 52.4 Å². The van der Waals surface area contributed by atoms with Gasteiger partial charge in [-0.25, -0.2) is 4.39 Å². The summed E-state index contributed by atoms with van der Waals surface area (Å²) < 4.78 is 22.5. The number of carbonyl (C=O) groups excluding carboxylic acids is 1. The Morgan fingerprint density at radius 1 is 1.35 bits per heavy atom. The van der Waals surface area contributed by atoms with Crippen LogP contribution < -0.4 is 0 Å². The first-order valence-electron chi connectivity index (χ1n) is 10.1. The minimum Gasteiger partial charge on any atom is -0.381 e. The van der Waals surface area contributed by atoms with Crippen molar-refractivity contribution in [2.75, 3.05) is 18.6 Å². The highest BCUT2D eigenvalue weighted by atomic mass is 32.2. The Bertz CT molecular complexity index is 659. The van der Waals surface area contributed by atoms with Crippen LogP contribution >= 0.6 is 11.8 Å². The van der Waals surface area contributed by atoms with Crippen molar-refractivity contribution >= 4 is 17.5 Å². The number of fused-ring (bicyclic) bond motifs is 5. The fourth-order valence-electron chi connectivity index (χ4n) is 6.61. The third-order valence-electron chi connectivity index (χ3n) is 8.08. The van der Waals surface area contributed by atoms with Crippen molar-refractivity contribution in [1.82, 2.24) is 0 Å². The third-order valence-corrected chi connectivity index (χ3v) is 9.26. The van der Waals surface area contributed by atoms with Crippen molar-refractivity contribution in [3.8, 4) is 0 Å². The van der Waals surface area contributed by atoms with Gasteiger partial charge >= 0.3 is 0 Å². The molecule has 0 spiro atoms. The number of ketones is 1. The molecule has 4 rings (SSSR count). The third kappa shape index (κ3) is 2.51. The average Bonchev–Trinajstić information content (AvgIpc) is 3.01. The van der Waals surface area contributed by atoms with Crippen LogP contribution in [-0.2, 0) is 9.53 Å². The van der Waals surface area contributed by atoms with E-state index in [2.05, 4.69) is 6.92 Å². The summed E-state index contributed by atoms with van der Waals surface area (Å²) in [5.41, 5.74) is -0.602. The van der Waals surface area contributed by atoms with Gasteiger partial charge in [0.15, 0.2) is 5.78 Å². The summed E-state index contributed by atoms with van der Waals surface area (Å²) in [5, 5.41) is 0. The summed E-state index contributed by atoms with van der Waals surface area (Å²) in [6.45, 7) is 4.24. The molecular weight excluding hydrogens is 347 g/mol. The molecule has 4 heteroatoms. The molecule has 4 aliphatic rings. The molecule has 0 radical (unpaired) electrons. The highest BCUT2D eigenvalue weighted by molar-refractivity contribution is 7.99. The number of carbonyl (C=O) groups is 1. The Morgan fingerprint density at radius 3 is 2.88 bits per heavy atom. The fraction of sp³-hybridized carbons (Fsp3) is 0.773. The lowest BCUT2D eigenvalue weighted by atomic mass is 9.47. The van der Waals surface area contributed by atoms with Gasteiger partial charge in [-0.05, 0) is 86.4 Å². The molecule has 3 fully saturated rings. The number of methoxy groups -OCH3 is 1. The van der Waals surface area contributed by atoms with E-state index in [0.717, 1.165) is 49.2 Å². The van der Waals surface area contributed by atoms with Gasteiger partial charge in [0.2, 0.25) is 0 Å². The zero-order valence-electron chi connectivity index (χ0n) is 16.2. The summed E-state index contributed by atoms with van der Waals surface area (Å²) >= 11 is 2.01. The second-order valence-corrected chi connectivity index (χ2v) is 10.3. The van der Waals surface area contributed by atoms with Crippen LogP contribution in [0.2, 0.25) is 0 Å². The van der Waals surface area contributed by atoms with Crippen molar-refractivity contribution in [2.24, 2.45) is 22.7 Å². The minimum atomic E-state index is -1.23. The maximum Gasteiger partial charge on any atom is 0.178 e. The van der Waals surface area contributed by atoms with E-state index < -0.39 is 11.1 Å². The zero-order valence-corrected chi connectivity index (χ0v) is 17.0. The SMILES string of the molecule is CCSC[C@]12CC[C@@]3(F)[C@@H](CCC4=CC(=O)C=C[C@@]43C)[C@@H]1C[C@@H](OC)C2. The van der Waals surface area contributed by atoms with Crippen molar-refractivity contribution in [3.05, 3.63) is 23.8 Å². The smallest absolute Gasteiger partial charge is 0.178 e. The van der Waals surface area contributed by atoms with Crippen LogP contribution in [0.3, 0.4) is 0 Å². The van der Waals surface area contributed by atoms with Gasteiger partial charge < -0.3 is 4.74 Å². The molecule has 0 aromatic heterocycles. The largest absolute Gasteiger partial charge is 0.381 e. The predicted molar refractivity (Wildman–Crippen MR) is 105 cm³/mol. The van der Waals surface area contributed by atoms with Gasteiger partial charge in [-0.15, -0.1) is 0 Å². The summed E-state index contributed by atoms with van der Waals surface area (Å²) in [6.07, 6.45) is 10.8. The molecule has 0 aromatic carbocycles. The number of halogens is 1. The fourth-order valence-corrected chi connectivity index (χ4v) is 7.69. The molecule has 26 heavy (non-hydrogen) atoms. The Morgan fingerprint density at radius 2 is 2.15 bits per heavy atom. The van der Waals surface area contributed by atoms with E-state index in [-0.39, 0.29) is 23.2 Å². The van der Waals surface area contributed by atoms with E-state index in [9.17, 15) is 4.79 Å². The molecule has 0 bridgehead atoms. The Hall–Kier alpha value is -0.610. The maximum atomic E-state index is 16.8. The molecule has 2 nitrogen and oxygen atoms in total. The van der Waals surface area contributed by atoms with E-state index in [0.29, 0.717) is 12.3 Å². The van der Waals surface area contributed by atoms with Gasteiger partial charge in [0.25, 0.3) is 0 Å². The summed E-state index contributed by atoms with van der Waals surface area (Å²) in [5.74, 6) is 2.74. The van der Waals surface area contributed by atoms with Crippen molar-refractivity contribution < 1.29 is 13.9 Å². The Labute approximate surface area is 161 Å². The van der Waals surface area contributed by atoms with Crippen LogP contribution in [0.15, 0.2) is 23.8 Å². The molecule has 4 aliphatic carbocycles. The Balaban J connectivity index is 1.71. The first-order valence-corrected chi connectivity index (χ1v) is 11.3. The Kier molecular flexibility index (Phi) is 4.67. The van der Waals surface area contributed by atoms with Gasteiger partial charge in [-0.1, -0.05) is 18.6 Å². The molecule has 0 unspecified atom stereocenters. The molecule has 0 N–H and O–H groups in total. The van der Waals surface area contributed by atoms with E-state index in [1.165, 1.54) is 0 Å². The summed E-state index contributed by atoms with van der Waals surface area (Å²) in [7, 11) is 1.81. The average molecular weight is 379 g/mol. The first-order chi connectivity index (χ1) is 12.4. The van der Waals surface area contributed by atoms with Gasteiger partial charge in [0.05, 0.1) is 6.10 Å². The number of ether oxygens (including phenoxy) is 1. The van der Waals surface area contributed by atoms with E-state index >= 15 is 4.39 Å². The van der Waals surface area contributed by atoms with Crippen LogP contribution in [0.4, 0.5) is 4.39 Å². The van der Waals surface area contributed by atoms with Crippen LogP contribution in [0, 0.1) is 22.7 Å². The molecule has 0 aliphatic heterocycles. The summed E-state index contributed by atoms with van der Waals surface area (Å²) in [4.78, 5) is 11.9. The number of thioether (sulfide) groups is 1. The topological polar surface area (TPSA) is 26.3 Å². The highest BCUT2D eigenvalue weighted by Crippen LogP contribution is 2.68. The maximum absolute atomic E-state index is 16.8. The summed E-state index contributed by atoms with van der Waals surface area (Å²) in [6, 6.07) is 0. The molecule has 6 atom stereocenters. The van der Waals surface area contributed by atoms with Crippen LogP contribution in [-0.4, -0.2) is 36.2 Å². The molecule has 0 heterocycles. The number of alkyl halides is 1. The quantitative estimate of drug-likeness (QED) is 0.678. The zero-order chi connectivity index (χ0) is 18.6. The van der Waals surface area contributed by atoms with Crippen molar-refractivity contribution in [3.63, 3.8) is 0 Å². The van der Waals surface area contributed by atoms with Crippen LogP contribution in [0.25, 0.3) is 0 Å². The molecule has 0 saturated heterocycles. The first kappa shape index (κ1) is 18.7. The number of allylic oxidation sites excluding steroid dienone is 4.